The number of benzene rings is 3. The predicted octanol–water partition coefficient (Wildman–Crippen LogP) is 4.42. The summed E-state index contributed by atoms with van der Waals surface area (Å²) in [5.74, 6) is 1.18. The van der Waals surface area contributed by atoms with Gasteiger partial charge < -0.3 is 14.5 Å². The average Bonchev–Trinajstić information content (AvgIpc) is 3.38. The van der Waals surface area contributed by atoms with Crippen LogP contribution in [-0.2, 0) is 16.0 Å². The second kappa shape index (κ2) is 7.67. The summed E-state index contributed by atoms with van der Waals surface area (Å²) in [5, 5.41) is 0. The van der Waals surface area contributed by atoms with Crippen LogP contribution in [0.5, 0.6) is 11.5 Å². The van der Waals surface area contributed by atoms with E-state index in [1.807, 2.05) is 77.7 Å². The van der Waals surface area contributed by atoms with Crippen molar-refractivity contribution in [2.75, 3.05) is 22.9 Å². The van der Waals surface area contributed by atoms with Crippen molar-refractivity contribution in [1.29, 1.82) is 0 Å². The van der Waals surface area contributed by atoms with Gasteiger partial charge in [-0.25, -0.2) is 0 Å². The van der Waals surface area contributed by atoms with Crippen molar-refractivity contribution in [3.05, 3.63) is 84.4 Å². The van der Waals surface area contributed by atoms with Gasteiger partial charge in [0.1, 0.15) is 11.5 Å². The minimum atomic E-state index is -0.316. The van der Waals surface area contributed by atoms with Crippen molar-refractivity contribution in [1.82, 2.24) is 0 Å². The Kier molecular flexibility index (Phi) is 4.71. The number of amides is 2. The minimum Gasteiger partial charge on any atom is -0.457 e. The number of carbonyl (C=O) groups excluding carboxylic acids is 2. The highest BCUT2D eigenvalue weighted by molar-refractivity contribution is 6.05. The number of nitrogens with zero attached hydrogens (tertiary/aromatic N) is 2. The molecule has 0 radical (unpaired) electrons. The number of para-hydroxylation sites is 2. The largest absolute Gasteiger partial charge is 0.457 e. The zero-order valence-electron chi connectivity index (χ0n) is 16.5. The maximum Gasteiger partial charge on any atom is 0.232 e. The quantitative estimate of drug-likeness (QED) is 0.654. The summed E-state index contributed by atoms with van der Waals surface area (Å²) in [6.07, 6.45) is 1.12. The first-order chi connectivity index (χ1) is 14.7. The normalized spacial score (nSPS) is 17.9. The molecule has 5 nitrogen and oxygen atoms in total. The number of rotatable bonds is 4. The summed E-state index contributed by atoms with van der Waals surface area (Å²) in [5.41, 5.74) is 2.97. The van der Waals surface area contributed by atoms with E-state index in [0.29, 0.717) is 18.8 Å². The van der Waals surface area contributed by atoms with Crippen LogP contribution in [-0.4, -0.2) is 24.9 Å². The van der Waals surface area contributed by atoms with Crippen molar-refractivity contribution < 1.29 is 14.3 Å². The SMILES string of the molecule is O=C1CC(C(=O)N2CCc3ccccc32)CN1c1ccc(Oc2ccccc2)cc1. The number of anilines is 2. The summed E-state index contributed by atoms with van der Waals surface area (Å²) in [6, 6.07) is 25.0. The van der Waals surface area contributed by atoms with Gasteiger partial charge in [-0.05, 0) is 54.4 Å². The van der Waals surface area contributed by atoms with E-state index in [-0.39, 0.29) is 24.2 Å². The van der Waals surface area contributed by atoms with Crippen LogP contribution in [0.15, 0.2) is 78.9 Å². The first-order valence-corrected chi connectivity index (χ1v) is 10.2. The smallest absolute Gasteiger partial charge is 0.232 e. The molecule has 2 heterocycles. The van der Waals surface area contributed by atoms with Gasteiger partial charge in [0.05, 0.1) is 5.92 Å². The van der Waals surface area contributed by atoms with Crippen molar-refractivity contribution >= 4 is 23.2 Å². The zero-order chi connectivity index (χ0) is 20.5. The summed E-state index contributed by atoms with van der Waals surface area (Å²) < 4.78 is 5.82. The molecule has 1 atom stereocenters. The summed E-state index contributed by atoms with van der Waals surface area (Å²) in [6.45, 7) is 1.10. The molecule has 0 aliphatic carbocycles. The lowest BCUT2D eigenvalue weighted by atomic mass is 10.1. The predicted molar refractivity (Wildman–Crippen MR) is 116 cm³/mol. The Morgan fingerprint density at radius 3 is 2.37 bits per heavy atom. The van der Waals surface area contributed by atoms with Crippen molar-refractivity contribution in [2.24, 2.45) is 5.92 Å². The van der Waals surface area contributed by atoms with E-state index in [4.69, 9.17) is 4.74 Å². The highest BCUT2D eigenvalue weighted by Crippen LogP contribution is 2.33. The van der Waals surface area contributed by atoms with Crippen LogP contribution in [0.3, 0.4) is 0 Å². The molecule has 0 spiro atoms. The van der Waals surface area contributed by atoms with Crippen LogP contribution in [0, 0.1) is 5.92 Å². The molecule has 0 saturated carbocycles. The lowest BCUT2D eigenvalue weighted by Gasteiger charge is -2.22. The van der Waals surface area contributed by atoms with Crippen LogP contribution in [0.4, 0.5) is 11.4 Å². The second-order valence-electron chi connectivity index (χ2n) is 7.68. The maximum atomic E-state index is 13.1. The number of ether oxygens (including phenoxy) is 1. The molecule has 150 valence electrons. The Morgan fingerprint density at radius 1 is 0.867 bits per heavy atom. The van der Waals surface area contributed by atoms with Crippen LogP contribution in [0.2, 0.25) is 0 Å². The highest BCUT2D eigenvalue weighted by atomic mass is 16.5. The van der Waals surface area contributed by atoms with E-state index in [1.165, 1.54) is 5.56 Å². The van der Waals surface area contributed by atoms with Crippen LogP contribution in [0.25, 0.3) is 0 Å². The monoisotopic (exact) mass is 398 g/mol. The molecule has 1 fully saturated rings. The van der Waals surface area contributed by atoms with Gasteiger partial charge in [0.15, 0.2) is 0 Å². The zero-order valence-corrected chi connectivity index (χ0v) is 16.5. The van der Waals surface area contributed by atoms with Gasteiger partial charge in [0.25, 0.3) is 0 Å². The molecule has 5 rings (SSSR count). The molecule has 5 heteroatoms. The molecule has 2 aliphatic heterocycles. The lowest BCUT2D eigenvalue weighted by Crippen LogP contribution is -2.36. The minimum absolute atomic E-state index is 0.0161. The summed E-state index contributed by atoms with van der Waals surface area (Å²) in [7, 11) is 0. The Morgan fingerprint density at radius 2 is 1.57 bits per heavy atom. The van der Waals surface area contributed by atoms with E-state index in [0.717, 1.165) is 23.5 Å². The third kappa shape index (κ3) is 3.43. The van der Waals surface area contributed by atoms with Gasteiger partial charge in [0, 0.05) is 30.9 Å². The average molecular weight is 398 g/mol. The highest BCUT2D eigenvalue weighted by Gasteiger charge is 2.39. The number of hydrogen-bond donors (Lipinski definition) is 0. The molecule has 0 bridgehead atoms. The van der Waals surface area contributed by atoms with Crippen LogP contribution < -0.4 is 14.5 Å². The molecular weight excluding hydrogens is 376 g/mol. The molecule has 1 unspecified atom stereocenters. The van der Waals surface area contributed by atoms with Crippen molar-refractivity contribution in [2.45, 2.75) is 12.8 Å². The van der Waals surface area contributed by atoms with Gasteiger partial charge in [-0.15, -0.1) is 0 Å². The molecule has 3 aromatic rings. The first kappa shape index (κ1) is 18.4. The topological polar surface area (TPSA) is 49.9 Å². The number of carbonyl (C=O) groups is 2. The number of fused-ring (bicyclic) bond motifs is 1. The van der Waals surface area contributed by atoms with E-state index in [2.05, 4.69) is 6.07 Å². The Bertz CT molecular complexity index is 1080. The van der Waals surface area contributed by atoms with Gasteiger partial charge >= 0.3 is 0 Å². The molecular formula is C25H22N2O3. The third-order valence-corrected chi connectivity index (χ3v) is 5.75. The third-order valence-electron chi connectivity index (χ3n) is 5.75. The fourth-order valence-electron chi connectivity index (χ4n) is 4.23. The van der Waals surface area contributed by atoms with Gasteiger partial charge in [-0.1, -0.05) is 36.4 Å². The molecule has 0 N–H and O–H groups in total. The molecule has 30 heavy (non-hydrogen) atoms. The fraction of sp³-hybridized carbons (Fsp3) is 0.200. The Balaban J connectivity index is 1.28. The van der Waals surface area contributed by atoms with E-state index < -0.39 is 0 Å². The van der Waals surface area contributed by atoms with Gasteiger partial charge in [-0.3, -0.25) is 9.59 Å². The fourth-order valence-corrected chi connectivity index (χ4v) is 4.23. The lowest BCUT2D eigenvalue weighted by molar-refractivity contribution is -0.124. The van der Waals surface area contributed by atoms with Crippen LogP contribution in [0.1, 0.15) is 12.0 Å². The maximum absolute atomic E-state index is 13.1. The summed E-state index contributed by atoms with van der Waals surface area (Å²) >= 11 is 0. The second-order valence-corrected chi connectivity index (χ2v) is 7.68. The van der Waals surface area contributed by atoms with Crippen molar-refractivity contribution in [3.63, 3.8) is 0 Å². The van der Waals surface area contributed by atoms with E-state index in [9.17, 15) is 9.59 Å². The summed E-state index contributed by atoms with van der Waals surface area (Å²) in [4.78, 5) is 29.3. The Labute approximate surface area is 175 Å². The molecule has 1 saturated heterocycles. The first-order valence-electron chi connectivity index (χ1n) is 10.2. The van der Waals surface area contributed by atoms with E-state index in [1.54, 1.807) is 4.90 Å². The number of hydrogen-bond acceptors (Lipinski definition) is 3. The standard InChI is InChI=1S/C25H22N2O3/c28-24-16-19(25(29)26-15-14-18-6-4-5-9-23(18)26)17-27(24)20-10-12-22(13-11-20)30-21-7-2-1-3-8-21/h1-13,19H,14-17H2. The van der Waals surface area contributed by atoms with E-state index >= 15 is 0 Å². The van der Waals surface area contributed by atoms with Crippen LogP contribution >= 0.6 is 0 Å². The Hall–Kier alpha value is -3.60. The molecule has 0 aromatic heterocycles. The molecule has 2 aliphatic rings. The van der Waals surface area contributed by atoms with Crippen molar-refractivity contribution in [3.8, 4) is 11.5 Å². The van der Waals surface area contributed by atoms with Gasteiger partial charge in [0.2, 0.25) is 11.8 Å². The van der Waals surface area contributed by atoms with Gasteiger partial charge in [-0.2, -0.15) is 0 Å². The molecule has 2 amide bonds. The molecule has 3 aromatic carbocycles.